The van der Waals surface area contributed by atoms with Crippen LogP contribution in [0.15, 0.2) is 47.0 Å². The fourth-order valence-corrected chi connectivity index (χ4v) is 5.21. The summed E-state index contributed by atoms with van der Waals surface area (Å²) in [5.41, 5.74) is -1.09. The van der Waals surface area contributed by atoms with Gasteiger partial charge >= 0.3 is 12.2 Å². The maximum Gasteiger partial charge on any atom is 0.437 e. The van der Waals surface area contributed by atoms with Crippen LogP contribution in [-0.2, 0) is 6.18 Å². The quantitative estimate of drug-likeness (QED) is 0.381. The van der Waals surface area contributed by atoms with Crippen LogP contribution >= 0.6 is 0 Å². The average molecular weight is 590 g/mol. The van der Waals surface area contributed by atoms with Gasteiger partial charge in [0.25, 0.3) is 11.9 Å². The first-order valence-electron chi connectivity index (χ1n) is 13.7. The number of piperidine rings is 1. The Balaban J connectivity index is 1.22. The molecule has 5 rings (SSSR count). The first-order chi connectivity index (χ1) is 20.0. The van der Waals surface area contributed by atoms with E-state index in [9.17, 15) is 27.2 Å². The van der Waals surface area contributed by atoms with Crippen molar-refractivity contribution in [2.75, 3.05) is 53.2 Å². The summed E-state index contributed by atoms with van der Waals surface area (Å²) >= 11 is 0. The monoisotopic (exact) mass is 589 g/mol. The van der Waals surface area contributed by atoms with Gasteiger partial charge in [-0.3, -0.25) is 4.79 Å². The van der Waals surface area contributed by atoms with Crippen molar-refractivity contribution in [1.29, 1.82) is 0 Å². The summed E-state index contributed by atoms with van der Waals surface area (Å²) in [5, 5.41) is 5.01. The summed E-state index contributed by atoms with van der Waals surface area (Å²) in [6.45, 7) is 6.08. The molecule has 10 nitrogen and oxygen atoms in total. The summed E-state index contributed by atoms with van der Waals surface area (Å²) in [6, 6.07) is 8.22. The number of aromatic nitrogens is 2. The number of piperazine rings is 1. The fourth-order valence-electron chi connectivity index (χ4n) is 5.21. The van der Waals surface area contributed by atoms with E-state index in [1.807, 2.05) is 18.7 Å². The topological polar surface area (TPSA) is 107 Å². The van der Waals surface area contributed by atoms with Crippen LogP contribution in [0.5, 0.6) is 0 Å². The number of oxazole rings is 1. The summed E-state index contributed by atoms with van der Waals surface area (Å²) in [5.74, 6) is -1.68. The second-order valence-corrected chi connectivity index (χ2v) is 10.6. The largest absolute Gasteiger partial charge is 0.437 e. The third-order valence-electron chi connectivity index (χ3n) is 7.35. The van der Waals surface area contributed by atoms with Crippen molar-refractivity contribution in [2.45, 2.75) is 38.9 Å². The van der Waals surface area contributed by atoms with Crippen molar-refractivity contribution in [1.82, 2.24) is 14.9 Å². The average Bonchev–Trinajstić information content (AvgIpc) is 3.42. The minimum atomic E-state index is -4.87. The van der Waals surface area contributed by atoms with Gasteiger partial charge in [0.2, 0.25) is 5.76 Å². The summed E-state index contributed by atoms with van der Waals surface area (Å²) in [4.78, 5) is 38.7. The molecule has 42 heavy (non-hydrogen) atoms. The number of nitrogens with one attached hydrogen (secondary N) is 2. The molecule has 14 heteroatoms. The minimum absolute atomic E-state index is 0.0985. The molecular weight excluding hydrogens is 558 g/mol. The molecule has 2 atom stereocenters. The van der Waals surface area contributed by atoms with E-state index >= 15 is 0 Å². The first-order valence-corrected chi connectivity index (χ1v) is 13.7. The predicted molar refractivity (Wildman–Crippen MR) is 148 cm³/mol. The Morgan fingerprint density at radius 2 is 1.79 bits per heavy atom. The second-order valence-electron chi connectivity index (χ2n) is 10.6. The number of hydrogen-bond acceptors (Lipinski definition) is 7. The Morgan fingerprint density at radius 1 is 1.00 bits per heavy atom. The third kappa shape index (κ3) is 6.42. The number of halogens is 4. The number of carbonyl (C=O) groups is 2. The Kier molecular flexibility index (Phi) is 8.23. The fraction of sp³-hybridized carbons (Fsp3) is 0.429. The van der Waals surface area contributed by atoms with E-state index in [2.05, 4.69) is 20.6 Å². The molecule has 1 unspecified atom stereocenters. The molecule has 224 valence electrons. The van der Waals surface area contributed by atoms with Gasteiger partial charge in [0.05, 0.1) is 17.6 Å². The lowest BCUT2D eigenvalue weighted by molar-refractivity contribution is -0.141. The molecule has 4 heterocycles. The van der Waals surface area contributed by atoms with E-state index in [-0.39, 0.29) is 29.3 Å². The SMILES string of the molecule is CC1CCCN(c2nc(C(F)(F)F)c(C(=O)Nc3ccc(N4CCN(C(=O)Nc5ccccc5F)[C@H](C)C4)nc3)o2)C1. The van der Waals surface area contributed by atoms with Gasteiger partial charge in [-0.2, -0.15) is 18.2 Å². The molecule has 2 saturated heterocycles. The van der Waals surface area contributed by atoms with Crippen LogP contribution in [0.1, 0.15) is 42.9 Å². The molecule has 0 radical (unpaired) electrons. The first kappa shape index (κ1) is 29.1. The Hall–Kier alpha value is -4.36. The lowest BCUT2D eigenvalue weighted by Crippen LogP contribution is -2.55. The maximum absolute atomic E-state index is 13.9. The number of benzene rings is 1. The van der Waals surface area contributed by atoms with Crippen LogP contribution in [0.4, 0.5) is 45.6 Å². The van der Waals surface area contributed by atoms with E-state index in [0.29, 0.717) is 38.5 Å². The van der Waals surface area contributed by atoms with E-state index in [1.54, 1.807) is 21.9 Å². The molecule has 2 aliphatic rings. The van der Waals surface area contributed by atoms with Crippen molar-refractivity contribution in [3.05, 3.63) is 59.9 Å². The number of alkyl halides is 3. The van der Waals surface area contributed by atoms with E-state index in [4.69, 9.17) is 4.42 Å². The highest BCUT2D eigenvalue weighted by molar-refractivity contribution is 6.03. The lowest BCUT2D eigenvalue weighted by Gasteiger charge is -2.40. The highest BCUT2D eigenvalue weighted by atomic mass is 19.4. The number of urea groups is 1. The van der Waals surface area contributed by atoms with Gasteiger partial charge in [0.1, 0.15) is 11.6 Å². The van der Waals surface area contributed by atoms with Gasteiger partial charge in [0, 0.05) is 38.8 Å². The molecule has 0 spiro atoms. The summed E-state index contributed by atoms with van der Waals surface area (Å²) < 4.78 is 60.4. The highest BCUT2D eigenvalue weighted by Gasteiger charge is 2.42. The normalized spacial score (nSPS) is 19.5. The van der Waals surface area contributed by atoms with Gasteiger partial charge in [-0.25, -0.2) is 14.2 Å². The van der Waals surface area contributed by atoms with Crippen molar-refractivity contribution in [3.8, 4) is 0 Å². The van der Waals surface area contributed by atoms with Gasteiger partial charge < -0.3 is 29.8 Å². The molecule has 2 aliphatic heterocycles. The molecule has 0 aliphatic carbocycles. The minimum Gasteiger partial charge on any atom is -0.417 e. The molecule has 2 N–H and O–H groups in total. The Labute approximate surface area is 239 Å². The Bertz CT molecular complexity index is 1430. The second kappa shape index (κ2) is 11.9. The van der Waals surface area contributed by atoms with Crippen LogP contribution < -0.4 is 20.4 Å². The number of hydrogen-bond donors (Lipinski definition) is 2. The van der Waals surface area contributed by atoms with Crippen molar-refractivity contribution < 1.29 is 31.6 Å². The van der Waals surface area contributed by atoms with Crippen molar-refractivity contribution >= 4 is 35.1 Å². The molecule has 3 amide bonds. The van der Waals surface area contributed by atoms with E-state index in [0.717, 1.165) is 12.8 Å². The predicted octanol–water partition coefficient (Wildman–Crippen LogP) is 5.46. The van der Waals surface area contributed by atoms with Crippen LogP contribution in [0.25, 0.3) is 0 Å². The zero-order chi connectivity index (χ0) is 30.0. The van der Waals surface area contributed by atoms with E-state index < -0.39 is 35.4 Å². The Morgan fingerprint density at radius 3 is 2.45 bits per heavy atom. The van der Waals surface area contributed by atoms with Crippen molar-refractivity contribution in [2.24, 2.45) is 5.92 Å². The highest BCUT2D eigenvalue weighted by Crippen LogP contribution is 2.35. The molecule has 1 aromatic carbocycles. The van der Waals surface area contributed by atoms with E-state index in [1.165, 1.54) is 30.5 Å². The molecule has 0 saturated carbocycles. The maximum atomic E-state index is 13.9. The van der Waals surface area contributed by atoms with Crippen LogP contribution in [0.3, 0.4) is 0 Å². The van der Waals surface area contributed by atoms with Crippen LogP contribution in [-0.4, -0.2) is 65.6 Å². The lowest BCUT2D eigenvalue weighted by atomic mass is 10.0. The smallest absolute Gasteiger partial charge is 0.417 e. The number of para-hydroxylation sites is 1. The molecular formula is C28H31F4N7O3. The molecule has 3 aromatic rings. The number of carbonyl (C=O) groups excluding carboxylic acids is 2. The van der Waals surface area contributed by atoms with Crippen molar-refractivity contribution in [3.63, 3.8) is 0 Å². The number of amides is 3. The molecule has 0 bridgehead atoms. The van der Waals surface area contributed by atoms with Gasteiger partial charge in [-0.1, -0.05) is 19.1 Å². The number of anilines is 4. The van der Waals surface area contributed by atoms with Gasteiger partial charge in [-0.05, 0) is 49.9 Å². The third-order valence-corrected chi connectivity index (χ3v) is 7.35. The van der Waals surface area contributed by atoms with Gasteiger partial charge in [-0.15, -0.1) is 0 Å². The zero-order valence-electron chi connectivity index (χ0n) is 23.1. The number of pyridine rings is 1. The van der Waals surface area contributed by atoms with Crippen LogP contribution in [0.2, 0.25) is 0 Å². The van der Waals surface area contributed by atoms with Crippen LogP contribution in [0, 0.1) is 11.7 Å². The molecule has 2 fully saturated rings. The standard InChI is InChI=1S/C28H31F4N7O3/c1-17-6-5-11-38(15-17)27-36-24(28(30,31)32)23(42-27)25(40)34-19-9-10-22(33-14-19)37-12-13-39(18(2)16-37)26(41)35-21-8-4-3-7-20(21)29/h3-4,7-10,14,17-18H,5-6,11-13,15-16H2,1-2H3,(H,34,40)(H,35,41)/t17?,18-/m1/s1. The number of nitrogens with zero attached hydrogens (tertiary/aromatic N) is 5. The summed E-state index contributed by atoms with van der Waals surface area (Å²) in [7, 11) is 0. The van der Waals surface area contributed by atoms with Gasteiger partial charge in [0.15, 0.2) is 5.69 Å². The summed E-state index contributed by atoms with van der Waals surface area (Å²) in [6.07, 6.45) is -1.78. The molecule has 2 aromatic heterocycles. The zero-order valence-corrected chi connectivity index (χ0v) is 23.1. The number of rotatable bonds is 5.